The zero-order valence-corrected chi connectivity index (χ0v) is 20.2. The number of fused-ring (bicyclic) bond motifs is 1. The average Bonchev–Trinajstić information content (AvgIpc) is 2.84. The fraction of sp³-hybridized carbons (Fsp3) is 0.333. The molecule has 1 N–H and O–H groups in total. The number of ether oxygens (including phenoxy) is 1. The van der Waals surface area contributed by atoms with Crippen molar-refractivity contribution >= 4 is 23.4 Å². The Balaban J connectivity index is 1.71. The van der Waals surface area contributed by atoms with Crippen LogP contribution < -0.4 is 15.8 Å². The van der Waals surface area contributed by atoms with Gasteiger partial charge in [0.05, 0.1) is 17.8 Å². The minimum Gasteiger partial charge on any atom is -0.372 e. The van der Waals surface area contributed by atoms with Crippen LogP contribution in [-0.2, 0) is 16.0 Å². The van der Waals surface area contributed by atoms with E-state index in [1.807, 2.05) is 68.1 Å². The second-order valence-electron chi connectivity index (χ2n) is 8.86. The summed E-state index contributed by atoms with van der Waals surface area (Å²) in [5.74, 6) is -0.0667. The Morgan fingerprint density at radius 2 is 1.91 bits per heavy atom. The molecule has 35 heavy (non-hydrogen) atoms. The molecule has 0 bridgehead atoms. The molecule has 3 aromatic rings. The number of morpholine rings is 1. The van der Waals surface area contributed by atoms with Crippen LogP contribution in [0.2, 0.25) is 0 Å². The lowest BCUT2D eigenvalue weighted by molar-refractivity contribution is -0.117. The molecule has 4 rings (SSSR count). The minimum absolute atomic E-state index is 0.0515. The van der Waals surface area contributed by atoms with Crippen molar-refractivity contribution in [3.8, 4) is 6.07 Å². The van der Waals surface area contributed by atoms with Gasteiger partial charge >= 0.3 is 0 Å². The molecule has 1 aromatic carbocycles. The van der Waals surface area contributed by atoms with Crippen LogP contribution in [0.4, 0.5) is 5.82 Å². The number of anilines is 1. The van der Waals surface area contributed by atoms with Crippen LogP contribution in [0.25, 0.3) is 11.7 Å². The summed E-state index contributed by atoms with van der Waals surface area (Å²) in [7, 11) is 0. The predicted octanol–water partition coefficient (Wildman–Crippen LogP) is 2.88. The average molecular weight is 472 g/mol. The summed E-state index contributed by atoms with van der Waals surface area (Å²) in [4.78, 5) is 33.2. The number of aromatic nitrogens is 2. The molecule has 8 nitrogen and oxygen atoms in total. The number of rotatable bonds is 6. The molecule has 1 saturated heterocycles. The van der Waals surface area contributed by atoms with Crippen molar-refractivity contribution in [3.05, 3.63) is 81.3 Å². The third kappa shape index (κ3) is 5.42. The molecule has 2 aromatic heterocycles. The number of nitrogens with one attached hydrogen (secondary N) is 1. The highest BCUT2D eigenvalue weighted by molar-refractivity contribution is 6.02. The lowest BCUT2D eigenvalue weighted by Gasteiger charge is -2.36. The molecule has 2 atom stereocenters. The number of pyridine rings is 1. The molecule has 0 aliphatic carbocycles. The lowest BCUT2D eigenvalue weighted by atomic mass is 10.1. The van der Waals surface area contributed by atoms with Gasteiger partial charge in [-0.05, 0) is 50.5 Å². The van der Waals surface area contributed by atoms with Crippen LogP contribution in [0.5, 0.6) is 0 Å². The Morgan fingerprint density at radius 1 is 1.20 bits per heavy atom. The molecule has 1 aliphatic rings. The second-order valence-corrected chi connectivity index (χ2v) is 8.86. The summed E-state index contributed by atoms with van der Waals surface area (Å²) >= 11 is 0. The van der Waals surface area contributed by atoms with Crippen molar-refractivity contribution in [2.24, 2.45) is 0 Å². The fourth-order valence-corrected chi connectivity index (χ4v) is 4.37. The minimum atomic E-state index is -0.521. The van der Waals surface area contributed by atoms with E-state index in [4.69, 9.17) is 9.72 Å². The number of carbonyl (C=O) groups excluding carboxylic acids is 1. The van der Waals surface area contributed by atoms with Crippen LogP contribution in [-0.4, -0.2) is 47.1 Å². The van der Waals surface area contributed by atoms with Crippen LogP contribution in [0.1, 0.15) is 30.5 Å². The van der Waals surface area contributed by atoms with Crippen molar-refractivity contribution < 1.29 is 9.53 Å². The normalized spacial score (nSPS) is 18.3. The van der Waals surface area contributed by atoms with Crippen LogP contribution in [0.15, 0.2) is 59.0 Å². The van der Waals surface area contributed by atoms with Crippen LogP contribution >= 0.6 is 0 Å². The maximum atomic E-state index is 13.6. The molecule has 180 valence electrons. The highest BCUT2D eigenvalue weighted by Crippen LogP contribution is 2.24. The number of nitrogens with zero attached hydrogens (tertiary/aromatic N) is 4. The highest BCUT2D eigenvalue weighted by Gasteiger charge is 2.27. The largest absolute Gasteiger partial charge is 0.372 e. The van der Waals surface area contributed by atoms with Gasteiger partial charge in [-0.3, -0.25) is 14.0 Å². The van der Waals surface area contributed by atoms with Crippen LogP contribution in [0.3, 0.4) is 0 Å². The Morgan fingerprint density at radius 3 is 2.60 bits per heavy atom. The number of nitriles is 1. The van der Waals surface area contributed by atoms with E-state index in [1.54, 1.807) is 12.3 Å². The molecular formula is C27H29N5O3. The fourth-order valence-electron chi connectivity index (χ4n) is 4.37. The monoisotopic (exact) mass is 471 g/mol. The van der Waals surface area contributed by atoms with Crippen molar-refractivity contribution in [2.75, 3.05) is 24.5 Å². The van der Waals surface area contributed by atoms with E-state index < -0.39 is 5.91 Å². The Bertz CT molecular complexity index is 1350. The first-order valence-electron chi connectivity index (χ1n) is 11.7. The first-order valence-corrected chi connectivity index (χ1v) is 11.7. The summed E-state index contributed by atoms with van der Waals surface area (Å²) < 4.78 is 7.31. The van der Waals surface area contributed by atoms with Gasteiger partial charge in [-0.2, -0.15) is 5.26 Å². The SMILES string of the molecule is Cc1cccn2c(=O)c(/C=C(\C#N)C(=O)NCCc3ccccc3)c(N3C[C@@H](C)O[C@H](C)C3)nc12. The van der Waals surface area contributed by atoms with Gasteiger partial charge in [0.1, 0.15) is 23.1 Å². The number of amides is 1. The molecule has 0 saturated carbocycles. The summed E-state index contributed by atoms with van der Waals surface area (Å²) in [5, 5.41) is 12.6. The smallest absolute Gasteiger partial charge is 0.267 e. The standard InChI is InChI=1S/C27H29N5O3/c1-18-8-7-13-32-24(18)30-25(31-16-19(2)35-20(3)17-31)23(27(32)34)14-22(15-28)26(33)29-12-11-21-9-5-4-6-10-21/h4-10,13-14,19-20H,11-12,16-17H2,1-3H3,(H,29,33)/b22-14+/t19-,20-/m1/s1. The quantitative estimate of drug-likeness (QED) is 0.438. The Labute approximate surface area is 204 Å². The van der Waals surface area contributed by atoms with Crippen molar-refractivity contribution in [1.29, 1.82) is 5.26 Å². The van der Waals surface area contributed by atoms with Gasteiger partial charge in [-0.15, -0.1) is 0 Å². The second kappa shape index (κ2) is 10.5. The summed E-state index contributed by atoms with van der Waals surface area (Å²) in [5.41, 5.74) is 2.23. The molecule has 0 spiro atoms. The third-order valence-electron chi connectivity index (χ3n) is 5.98. The van der Waals surface area contributed by atoms with Crippen LogP contribution in [0, 0.1) is 18.3 Å². The third-order valence-corrected chi connectivity index (χ3v) is 5.98. The van der Waals surface area contributed by atoms with Crippen molar-refractivity contribution in [2.45, 2.75) is 39.4 Å². The maximum absolute atomic E-state index is 13.6. The van der Waals surface area contributed by atoms with E-state index in [1.165, 1.54) is 10.5 Å². The van der Waals surface area contributed by atoms with E-state index in [2.05, 4.69) is 5.32 Å². The van der Waals surface area contributed by atoms with Gasteiger partial charge in [-0.1, -0.05) is 36.4 Å². The first-order chi connectivity index (χ1) is 16.9. The summed E-state index contributed by atoms with van der Waals surface area (Å²) in [6.07, 6.45) is 3.55. The number of hydrogen-bond acceptors (Lipinski definition) is 6. The highest BCUT2D eigenvalue weighted by atomic mass is 16.5. The zero-order chi connectivity index (χ0) is 24.9. The molecule has 0 unspecified atom stereocenters. The molecule has 8 heteroatoms. The zero-order valence-electron chi connectivity index (χ0n) is 20.2. The van der Waals surface area contributed by atoms with Gasteiger partial charge in [-0.25, -0.2) is 4.98 Å². The summed E-state index contributed by atoms with van der Waals surface area (Å²) in [6, 6.07) is 15.4. The number of aryl methyl sites for hydroxylation is 1. The van der Waals surface area contributed by atoms with Gasteiger partial charge in [0.15, 0.2) is 0 Å². The van der Waals surface area contributed by atoms with Gasteiger partial charge < -0.3 is 15.0 Å². The molecule has 3 heterocycles. The predicted molar refractivity (Wildman–Crippen MR) is 135 cm³/mol. The maximum Gasteiger partial charge on any atom is 0.267 e. The van der Waals surface area contributed by atoms with E-state index in [0.29, 0.717) is 37.5 Å². The molecule has 1 amide bonds. The Kier molecular flexibility index (Phi) is 7.28. The lowest BCUT2D eigenvalue weighted by Crippen LogP contribution is -2.46. The number of benzene rings is 1. The Hall–Kier alpha value is -3.96. The van der Waals surface area contributed by atoms with Crippen molar-refractivity contribution in [1.82, 2.24) is 14.7 Å². The van der Waals surface area contributed by atoms with Gasteiger partial charge in [0.2, 0.25) is 0 Å². The molecule has 1 aliphatic heterocycles. The topological polar surface area (TPSA) is 99.7 Å². The number of carbonyl (C=O) groups is 1. The van der Waals surface area contributed by atoms with E-state index in [9.17, 15) is 14.9 Å². The summed E-state index contributed by atoms with van der Waals surface area (Å²) in [6.45, 7) is 7.31. The molecular weight excluding hydrogens is 442 g/mol. The molecule has 1 fully saturated rings. The van der Waals surface area contributed by atoms with E-state index in [0.717, 1.165) is 11.1 Å². The van der Waals surface area contributed by atoms with E-state index in [-0.39, 0.29) is 28.9 Å². The first kappa shape index (κ1) is 24.2. The van der Waals surface area contributed by atoms with Gasteiger partial charge in [0.25, 0.3) is 11.5 Å². The van der Waals surface area contributed by atoms with Crippen molar-refractivity contribution in [3.63, 3.8) is 0 Å². The number of hydrogen-bond donors (Lipinski definition) is 1. The van der Waals surface area contributed by atoms with E-state index >= 15 is 0 Å². The van der Waals surface area contributed by atoms with Gasteiger partial charge in [0, 0.05) is 25.8 Å². The molecule has 0 radical (unpaired) electrons.